The van der Waals surface area contributed by atoms with Crippen molar-refractivity contribution in [2.45, 2.75) is 97.1 Å². The molecule has 0 saturated heterocycles. The molecular weight excluding hydrogens is 350 g/mol. The van der Waals surface area contributed by atoms with Crippen LogP contribution in [0.2, 0.25) is 0 Å². The average molecular weight is 386 g/mol. The van der Waals surface area contributed by atoms with Gasteiger partial charge in [-0.2, -0.15) is 0 Å². The van der Waals surface area contributed by atoms with Crippen molar-refractivity contribution in [3.63, 3.8) is 0 Å². The van der Waals surface area contributed by atoms with Crippen LogP contribution >= 0.6 is 0 Å². The van der Waals surface area contributed by atoms with Crippen LogP contribution in [-0.2, 0) is 9.31 Å². The van der Waals surface area contributed by atoms with Gasteiger partial charge in [0.05, 0.1) is 0 Å². The molecule has 0 aliphatic heterocycles. The molecule has 2 aliphatic carbocycles. The first-order valence-corrected chi connectivity index (χ1v) is 10.3. The Balaban J connectivity index is 1.99. The van der Waals surface area contributed by atoms with E-state index < -0.39 is 22.4 Å². The van der Waals surface area contributed by atoms with Crippen LogP contribution in [0.4, 0.5) is 0 Å². The standard InChI is InChI=1S/C22H36B2O4/c1-19(2,25)21(5,6)27-23-17-11-9-16-14-18(12-10-15(16)13-17)24-28-22(7,8)20(3,4)26/h9,11,14-15,24-25H,10,12-13H2,1-8H3. The van der Waals surface area contributed by atoms with Gasteiger partial charge in [-0.3, -0.25) is 0 Å². The van der Waals surface area contributed by atoms with Gasteiger partial charge in [-0.05, 0) is 0 Å². The quantitative estimate of drug-likeness (QED) is 0.652. The zero-order valence-corrected chi connectivity index (χ0v) is 18.9. The van der Waals surface area contributed by atoms with Crippen LogP contribution in [0, 0.1) is 5.92 Å². The van der Waals surface area contributed by atoms with E-state index in [4.69, 9.17) is 9.31 Å². The second kappa shape index (κ2) is 8.14. The van der Waals surface area contributed by atoms with Gasteiger partial charge in [0.2, 0.25) is 0 Å². The summed E-state index contributed by atoms with van der Waals surface area (Å²) in [4.78, 5) is 0. The van der Waals surface area contributed by atoms with Crippen molar-refractivity contribution in [2.24, 2.45) is 5.92 Å². The number of hydrogen-bond acceptors (Lipinski definition) is 4. The third-order valence-corrected chi connectivity index (χ3v) is 6.67. The van der Waals surface area contributed by atoms with Crippen LogP contribution in [0.25, 0.3) is 0 Å². The van der Waals surface area contributed by atoms with Crippen molar-refractivity contribution in [1.82, 2.24) is 0 Å². The van der Waals surface area contributed by atoms with Gasteiger partial charge in [0, 0.05) is 0 Å². The summed E-state index contributed by atoms with van der Waals surface area (Å²) in [6.45, 7) is 14.4. The van der Waals surface area contributed by atoms with Crippen LogP contribution in [0.15, 0.2) is 34.7 Å². The zero-order chi connectivity index (χ0) is 21.4. The molecule has 0 fully saturated rings. The van der Waals surface area contributed by atoms with Crippen molar-refractivity contribution in [2.75, 3.05) is 0 Å². The summed E-state index contributed by atoms with van der Waals surface area (Å²) < 4.78 is 11.9. The van der Waals surface area contributed by atoms with Crippen molar-refractivity contribution in [3.05, 3.63) is 34.7 Å². The van der Waals surface area contributed by atoms with Crippen LogP contribution < -0.4 is 5.11 Å². The number of aliphatic hydroxyl groups is 1. The molecule has 0 radical (unpaired) electrons. The van der Waals surface area contributed by atoms with Crippen LogP contribution in [-0.4, -0.2) is 42.5 Å². The molecule has 28 heavy (non-hydrogen) atoms. The number of allylic oxidation sites excluding steroid dienone is 6. The Morgan fingerprint density at radius 1 is 1.07 bits per heavy atom. The number of fused-ring (bicyclic) bond motifs is 1. The Morgan fingerprint density at radius 3 is 2.29 bits per heavy atom. The van der Waals surface area contributed by atoms with Gasteiger partial charge in [0.15, 0.2) is 0 Å². The van der Waals surface area contributed by atoms with E-state index in [1.807, 2.05) is 27.7 Å². The van der Waals surface area contributed by atoms with E-state index in [1.54, 1.807) is 35.2 Å². The van der Waals surface area contributed by atoms with Gasteiger partial charge >= 0.3 is 172 Å². The summed E-state index contributed by atoms with van der Waals surface area (Å²) in [6.07, 6.45) is 9.48. The molecule has 0 aromatic carbocycles. The molecule has 2 rings (SSSR count). The predicted molar refractivity (Wildman–Crippen MR) is 115 cm³/mol. The first-order valence-electron chi connectivity index (χ1n) is 10.3. The SMILES string of the molecule is CC(C)([O-])C(C)(C)OBC1=CC2=CC=C([B+]OC(C)(C)C(C)(C)O)CC2CC1. The minimum atomic E-state index is -1.14. The van der Waals surface area contributed by atoms with Gasteiger partial charge in [-0.25, -0.2) is 0 Å². The minimum absolute atomic E-state index is 0.484. The second-order valence-electron chi connectivity index (χ2n) is 10.3. The summed E-state index contributed by atoms with van der Waals surface area (Å²) >= 11 is 0. The van der Waals surface area contributed by atoms with Crippen molar-refractivity contribution in [3.8, 4) is 0 Å². The fourth-order valence-electron chi connectivity index (χ4n) is 2.93. The topological polar surface area (TPSA) is 61.8 Å². The summed E-state index contributed by atoms with van der Waals surface area (Å²) in [5, 5.41) is 22.5. The molecule has 4 nitrogen and oxygen atoms in total. The second-order valence-corrected chi connectivity index (χ2v) is 10.3. The van der Waals surface area contributed by atoms with E-state index in [0.29, 0.717) is 13.4 Å². The summed E-state index contributed by atoms with van der Waals surface area (Å²) in [7, 11) is 2.31. The first kappa shape index (κ1) is 23.5. The van der Waals surface area contributed by atoms with Crippen molar-refractivity contribution < 1.29 is 19.5 Å². The monoisotopic (exact) mass is 386 g/mol. The Labute approximate surface area is 172 Å². The van der Waals surface area contributed by atoms with Crippen LogP contribution in [0.1, 0.15) is 74.7 Å². The molecule has 6 heteroatoms. The number of rotatable bonds is 8. The third-order valence-electron chi connectivity index (χ3n) is 6.67. The Bertz CT molecular complexity index is 661. The summed E-state index contributed by atoms with van der Waals surface area (Å²) in [5.74, 6) is 0.484. The maximum atomic E-state index is 12.3. The molecule has 1 atom stereocenters. The van der Waals surface area contributed by atoms with Gasteiger partial charge in [0.25, 0.3) is 0 Å². The first-order chi connectivity index (χ1) is 12.6. The molecule has 154 valence electrons. The third kappa shape index (κ3) is 5.63. The summed E-state index contributed by atoms with van der Waals surface area (Å²) in [6, 6.07) is 0. The molecule has 0 aromatic heterocycles. The van der Waals surface area contributed by atoms with Crippen molar-refractivity contribution >= 4 is 15.0 Å². The Morgan fingerprint density at radius 2 is 1.71 bits per heavy atom. The molecule has 0 heterocycles. The van der Waals surface area contributed by atoms with Gasteiger partial charge in [-0.1, -0.05) is 0 Å². The van der Waals surface area contributed by atoms with E-state index in [0.717, 1.165) is 24.7 Å². The normalized spacial score (nSPS) is 21.2. The van der Waals surface area contributed by atoms with Gasteiger partial charge < -0.3 is 0 Å². The molecule has 2 aliphatic rings. The molecule has 0 spiro atoms. The van der Waals surface area contributed by atoms with Crippen molar-refractivity contribution in [1.29, 1.82) is 0 Å². The molecular formula is C22H36B2O4. The molecule has 0 bridgehead atoms. The zero-order valence-electron chi connectivity index (χ0n) is 18.9. The van der Waals surface area contributed by atoms with E-state index in [-0.39, 0.29) is 0 Å². The van der Waals surface area contributed by atoms with E-state index >= 15 is 0 Å². The molecule has 1 unspecified atom stereocenters. The van der Waals surface area contributed by atoms with Gasteiger partial charge in [-0.15, -0.1) is 0 Å². The molecule has 0 saturated carbocycles. The van der Waals surface area contributed by atoms with Crippen LogP contribution in [0.5, 0.6) is 0 Å². The average Bonchev–Trinajstić information content (AvgIpc) is 2.56. The Hall–Kier alpha value is -0.810. The fourth-order valence-corrected chi connectivity index (χ4v) is 2.93. The molecule has 0 amide bonds. The molecule has 0 aromatic rings. The Kier molecular flexibility index (Phi) is 6.82. The maximum absolute atomic E-state index is 12.3. The van der Waals surface area contributed by atoms with Crippen LogP contribution in [0.3, 0.4) is 0 Å². The molecule has 1 N–H and O–H groups in total. The fraction of sp³-hybridized carbons (Fsp3) is 0.727. The van der Waals surface area contributed by atoms with E-state index in [2.05, 4.69) is 18.2 Å². The van der Waals surface area contributed by atoms with Gasteiger partial charge in [0.1, 0.15) is 0 Å². The van der Waals surface area contributed by atoms with E-state index in [9.17, 15) is 10.2 Å². The predicted octanol–water partition coefficient (Wildman–Crippen LogP) is 2.97. The van der Waals surface area contributed by atoms with E-state index in [1.165, 1.54) is 11.0 Å². The summed E-state index contributed by atoms with van der Waals surface area (Å²) in [5.41, 5.74) is 0.291. The number of hydrogen-bond donors (Lipinski definition) is 1.